The number of Topliss-reactive ketones (excluding diaryl/α,β-unsaturated/α-hetero) is 1. The molecule has 3 fully saturated rings. The molecule has 0 aromatic rings. The van der Waals surface area contributed by atoms with Crippen molar-refractivity contribution in [3.05, 3.63) is 0 Å². The average Bonchev–Trinajstić information content (AvgIpc) is 3.20. The number of carbonyl (C=O) groups excluding carboxylic acids is 5. The Balaban J connectivity index is 1.93. The molecule has 3 aliphatic rings. The number of carbonyl (C=O) groups is 5. The van der Waals surface area contributed by atoms with Gasteiger partial charge in [0, 0.05) is 12.1 Å². The molecular weight excluding hydrogens is 510 g/mol. The van der Waals surface area contributed by atoms with Crippen LogP contribution in [0.15, 0.2) is 0 Å². The van der Waals surface area contributed by atoms with Crippen molar-refractivity contribution in [1.29, 1.82) is 0 Å². The highest BCUT2D eigenvalue weighted by Crippen LogP contribution is 2.65. The van der Waals surface area contributed by atoms with E-state index in [1.54, 1.807) is 4.90 Å². The molecule has 3 rings (SSSR count). The van der Waals surface area contributed by atoms with Crippen LogP contribution in [0.3, 0.4) is 0 Å². The zero-order chi connectivity index (χ0) is 30.4. The van der Waals surface area contributed by atoms with Gasteiger partial charge in [0.05, 0.1) is 6.04 Å². The van der Waals surface area contributed by atoms with Crippen LogP contribution in [0.1, 0.15) is 101 Å². The highest BCUT2D eigenvalue weighted by Gasteiger charge is 2.65. The fourth-order valence-corrected chi connectivity index (χ4v) is 7.00. The van der Waals surface area contributed by atoms with Crippen molar-refractivity contribution in [3.8, 4) is 0 Å². The van der Waals surface area contributed by atoms with E-state index >= 15 is 0 Å². The van der Waals surface area contributed by atoms with E-state index in [4.69, 9.17) is 5.73 Å². The second-order valence-electron chi connectivity index (χ2n) is 15.3. The molecule has 1 heterocycles. The van der Waals surface area contributed by atoms with E-state index in [0.717, 1.165) is 25.7 Å². The highest BCUT2D eigenvalue weighted by molar-refractivity contribution is 6.37. The summed E-state index contributed by atoms with van der Waals surface area (Å²) < 4.78 is 0. The van der Waals surface area contributed by atoms with Gasteiger partial charge in [0.25, 0.3) is 5.91 Å². The third-order valence-corrected chi connectivity index (χ3v) is 9.63. The first-order valence-electron chi connectivity index (χ1n) is 14.7. The smallest absolute Gasteiger partial charge is 0.315 e. The number of nitrogens with one attached hydrogen (secondary N) is 3. The van der Waals surface area contributed by atoms with E-state index in [-0.39, 0.29) is 22.7 Å². The minimum absolute atomic E-state index is 0.0946. The lowest BCUT2D eigenvalue weighted by Crippen LogP contribution is -2.61. The van der Waals surface area contributed by atoms with Gasteiger partial charge in [-0.2, -0.15) is 0 Å². The van der Waals surface area contributed by atoms with Gasteiger partial charge in [0.15, 0.2) is 0 Å². The van der Waals surface area contributed by atoms with Gasteiger partial charge in [-0.05, 0) is 68.1 Å². The molecule has 0 aromatic heterocycles. The normalized spacial score (nSPS) is 27.7. The molecule has 5 N–H and O–H groups in total. The molecule has 0 radical (unpaired) electrons. The predicted molar refractivity (Wildman–Crippen MR) is 153 cm³/mol. The number of hydrogen-bond acceptors (Lipinski definition) is 5. The summed E-state index contributed by atoms with van der Waals surface area (Å²) >= 11 is 0. The summed E-state index contributed by atoms with van der Waals surface area (Å²) in [5, 5.41) is 8.55. The Morgan fingerprint density at radius 2 is 1.57 bits per heavy atom. The number of hydrogen-bond donors (Lipinski definition) is 4. The van der Waals surface area contributed by atoms with Crippen LogP contribution in [0.25, 0.3) is 0 Å². The lowest BCUT2D eigenvalue weighted by atomic mass is 9.45. The minimum Gasteiger partial charge on any atom is -0.363 e. The SMILES string of the molecule is CC1CC(C)(C)[C@]12C[C@@H](C(=O)NC(CC1CCC1)C(=O)C(N)=O)N(C(=O)[C@@H](NC(=O)NC(C)(C)C)C(C)(C)C)C2. The number of urea groups is 1. The molecule has 10 nitrogen and oxygen atoms in total. The summed E-state index contributed by atoms with van der Waals surface area (Å²) in [6.45, 7) is 18.1. The Morgan fingerprint density at radius 3 is 2.00 bits per heavy atom. The number of rotatable bonds is 8. The van der Waals surface area contributed by atoms with E-state index in [1.807, 2.05) is 41.5 Å². The average molecular weight is 562 g/mol. The maximum atomic E-state index is 14.3. The fraction of sp³-hybridized carbons (Fsp3) is 0.833. The zero-order valence-corrected chi connectivity index (χ0v) is 25.9. The maximum Gasteiger partial charge on any atom is 0.315 e. The third kappa shape index (κ3) is 6.46. The second-order valence-corrected chi connectivity index (χ2v) is 15.3. The molecule has 5 amide bonds. The highest BCUT2D eigenvalue weighted by atomic mass is 16.2. The van der Waals surface area contributed by atoms with Crippen molar-refractivity contribution in [1.82, 2.24) is 20.9 Å². The van der Waals surface area contributed by atoms with Gasteiger partial charge >= 0.3 is 6.03 Å². The number of nitrogens with two attached hydrogens (primary N) is 1. The molecule has 40 heavy (non-hydrogen) atoms. The van der Waals surface area contributed by atoms with E-state index < -0.39 is 52.7 Å². The summed E-state index contributed by atoms with van der Waals surface area (Å²) in [5.41, 5.74) is 3.82. The Hall–Kier alpha value is -2.65. The first-order chi connectivity index (χ1) is 18.2. The lowest BCUT2D eigenvalue weighted by Gasteiger charge is -2.59. The first-order valence-corrected chi connectivity index (χ1v) is 14.7. The first kappa shape index (κ1) is 31.9. The number of amides is 5. The zero-order valence-electron chi connectivity index (χ0n) is 25.9. The Bertz CT molecular complexity index is 1040. The molecule has 2 aliphatic carbocycles. The molecule has 226 valence electrons. The standard InChI is InChI=1S/C30H51N5O5/c1-17-14-29(8,9)30(17)15-20(24(38)32-19(21(36)23(31)37)13-18-11-10-12-18)35(16-30)25(39)22(27(2,3)4)33-26(40)34-28(5,6)7/h17-20,22H,10-16H2,1-9H3,(H2,31,37)(H,32,38)(H2,33,34,40)/t17?,19?,20-,22+,30-/m0/s1. The molecule has 2 saturated carbocycles. The van der Waals surface area contributed by atoms with Gasteiger partial charge in [0.2, 0.25) is 17.6 Å². The number of likely N-dealkylation sites (tertiary alicyclic amines) is 1. The van der Waals surface area contributed by atoms with E-state index in [2.05, 4.69) is 36.7 Å². The van der Waals surface area contributed by atoms with Crippen LogP contribution >= 0.6 is 0 Å². The quantitative estimate of drug-likeness (QED) is 0.336. The van der Waals surface area contributed by atoms with Gasteiger partial charge in [-0.3, -0.25) is 19.2 Å². The Morgan fingerprint density at radius 1 is 0.975 bits per heavy atom. The summed E-state index contributed by atoms with van der Waals surface area (Å²) in [7, 11) is 0. The van der Waals surface area contributed by atoms with Gasteiger partial charge in [-0.15, -0.1) is 0 Å². The molecule has 2 unspecified atom stereocenters. The van der Waals surface area contributed by atoms with E-state index in [1.165, 1.54) is 0 Å². The van der Waals surface area contributed by atoms with Crippen LogP contribution in [-0.4, -0.2) is 64.6 Å². The van der Waals surface area contributed by atoms with Crippen LogP contribution in [0.5, 0.6) is 0 Å². The van der Waals surface area contributed by atoms with E-state index in [0.29, 0.717) is 25.3 Å². The molecule has 1 spiro atoms. The van der Waals surface area contributed by atoms with Crippen LogP contribution < -0.4 is 21.7 Å². The van der Waals surface area contributed by atoms with Crippen molar-refractivity contribution in [3.63, 3.8) is 0 Å². The molecule has 0 bridgehead atoms. The maximum absolute atomic E-state index is 14.3. The third-order valence-electron chi connectivity index (χ3n) is 9.63. The van der Waals surface area contributed by atoms with Crippen molar-refractivity contribution in [2.24, 2.45) is 33.8 Å². The molecule has 0 aromatic carbocycles. The van der Waals surface area contributed by atoms with Gasteiger partial charge in [-0.25, -0.2) is 4.79 Å². The van der Waals surface area contributed by atoms with Crippen LogP contribution in [0.2, 0.25) is 0 Å². The van der Waals surface area contributed by atoms with Crippen molar-refractivity contribution in [2.45, 2.75) is 125 Å². The van der Waals surface area contributed by atoms with Crippen molar-refractivity contribution >= 4 is 29.5 Å². The second kappa shape index (κ2) is 11.0. The largest absolute Gasteiger partial charge is 0.363 e. The fourth-order valence-electron chi connectivity index (χ4n) is 7.00. The van der Waals surface area contributed by atoms with Crippen LogP contribution in [-0.2, 0) is 19.2 Å². The number of nitrogens with zero attached hydrogens (tertiary/aromatic N) is 1. The lowest BCUT2D eigenvalue weighted by molar-refractivity contribution is -0.144. The van der Waals surface area contributed by atoms with E-state index in [9.17, 15) is 24.0 Å². The van der Waals surface area contributed by atoms with Gasteiger partial charge in [0.1, 0.15) is 12.1 Å². The minimum atomic E-state index is -1.07. The Kier molecular flexibility index (Phi) is 8.74. The van der Waals surface area contributed by atoms with Gasteiger partial charge in [-0.1, -0.05) is 60.8 Å². The molecule has 10 heteroatoms. The Labute approximate surface area is 239 Å². The monoisotopic (exact) mass is 561 g/mol. The summed E-state index contributed by atoms with van der Waals surface area (Å²) in [5.74, 6) is -2.13. The number of ketones is 1. The summed E-state index contributed by atoms with van der Waals surface area (Å²) in [6.07, 6.45) is 4.72. The molecule has 1 saturated heterocycles. The topological polar surface area (TPSA) is 151 Å². The predicted octanol–water partition coefficient (Wildman–Crippen LogP) is 2.88. The summed E-state index contributed by atoms with van der Waals surface area (Å²) in [4.78, 5) is 67.1. The molecule has 5 atom stereocenters. The van der Waals surface area contributed by atoms with Gasteiger partial charge < -0.3 is 26.6 Å². The van der Waals surface area contributed by atoms with Crippen LogP contribution in [0, 0.1) is 28.1 Å². The van der Waals surface area contributed by atoms with Crippen molar-refractivity contribution < 1.29 is 24.0 Å². The summed E-state index contributed by atoms with van der Waals surface area (Å²) in [6, 6.07) is -3.20. The molecular formula is C30H51N5O5. The van der Waals surface area contributed by atoms with Crippen LogP contribution in [0.4, 0.5) is 4.79 Å². The van der Waals surface area contributed by atoms with Crippen molar-refractivity contribution in [2.75, 3.05) is 6.54 Å². The molecule has 1 aliphatic heterocycles. The number of primary amides is 1.